The standard InChI is InChI=1S/C12H18N2O3/c1-12(9-17-2,11(15)16)14-8-5-10-3-6-13-7-4-10/h3-4,6-7,14H,5,8-9H2,1-2H3,(H,15,16). The molecule has 0 amide bonds. The first-order valence-corrected chi connectivity index (χ1v) is 5.45. The first-order chi connectivity index (χ1) is 8.08. The fourth-order valence-corrected chi connectivity index (χ4v) is 1.51. The van der Waals surface area contributed by atoms with E-state index >= 15 is 0 Å². The van der Waals surface area contributed by atoms with Gasteiger partial charge in [-0.15, -0.1) is 0 Å². The highest BCUT2D eigenvalue weighted by atomic mass is 16.5. The highest BCUT2D eigenvalue weighted by Gasteiger charge is 2.32. The lowest BCUT2D eigenvalue weighted by Gasteiger charge is -2.25. The van der Waals surface area contributed by atoms with E-state index in [-0.39, 0.29) is 6.61 Å². The number of nitrogens with one attached hydrogen (secondary N) is 1. The van der Waals surface area contributed by atoms with Gasteiger partial charge in [-0.2, -0.15) is 0 Å². The maximum atomic E-state index is 11.1. The van der Waals surface area contributed by atoms with Crippen LogP contribution < -0.4 is 5.32 Å². The Morgan fingerprint density at radius 1 is 1.53 bits per heavy atom. The summed E-state index contributed by atoms with van der Waals surface area (Å²) >= 11 is 0. The normalized spacial score (nSPS) is 14.2. The van der Waals surface area contributed by atoms with Crippen molar-refractivity contribution in [3.05, 3.63) is 30.1 Å². The Kier molecular flexibility index (Phi) is 5.06. The average molecular weight is 238 g/mol. The topological polar surface area (TPSA) is 71.5 Å². The number of aliphatic carboxylic acids is 1. The molecule has 0 radical (unpaired) electrons. The number of ether oxygens (including phenoxy) is 1. The second-order valence-electron chi connectivity index (χ2n) is 4.10. The molecule has 1 rings (SSSR count). The Labute approximate surface area is 101 Å². The summed E-state index contributed by atoms with van der Waals surface area (Å²) in [6, 6.07) is 3.83. The van der Waals surface area contributed by atoms with Gasteiger partial charge < -0.3 is 9.84 Å². The molecule has 1 aromatic rings. The molecule has 0 aliphatic rings. The molecule has 17 heavy (non-hydrogen) atoms. The van der Waals surface area contributed by atoms with Crippen molar-refractivity contribution in [2.45, 2.75) is 18.9 Å². The van der Waals surface area contributed by atoms with Crippen molar-refractivity contribution in [2.75, 3.05) is 20.3 Å². The van der Waals surface area contributed by atoms with E-state index in [0.717, 1.165) is 12.0 Å². The first-order valence-electron chi connectivity index (χ1n) is 5.45. The third-order valence-electron chi connectivity index (χ3n) is 2.58. The summed E-state index contributed by atoms with van der Waals surface area (Å²) in [7, 11) is 1.49. The fourth-order valence-electron chi connectivity index (χ4n) is 1.51. The van der Waals surface area contributed by atoms with Crippen LogP contribution in [0, 0.1) is 0 Å². The number of hydrogen-bond donors (Lipinski definition) is 2. The molecule has 0 saturated heterocycles. The van der Waals surface area contributed by atoms with Crippen molar-refractivity contribution in [3.63, 3.8) is 0 Å². The Balaban J connectivity index is 2.45. The molecule has 1 unspecified atom stereocenters. The van der Waals surface area contributed by atoms with Crippen LogP contribution >= 0.6 is 0 Å². The molecule has 94 valence electrons. The minimum Gasteiger partial charge on any atom is -0.480 e. The van der Waals surface area contributed by atoms with E-state index in [1.54, 1.807) is 19.3 Å². The summed E-state index contributed by atoms with van der Waals surface area (Å²) in [5.41, 5.74) is 0.0829. The van der Waals surface area contributed by atoms with Gasteiger partial charge in [-0.3, -0.25) is 15.1 Å². The summed E-state index contributed by atoms with van der Waals surface area (Å²) in [6.07, 6.45) is 4.21. The molecule has 5 heteroatoms. The molecule has 0 fully saturated rings. The number of carbonyl (C=O) groups is 1. The van der Waals surface area contributed by atoms with E-state index in [0.29, 0.717) is 6.54 Å². The lowest BCUT2D eigenvalue weighted by atomic mass is 10.0. The summed E-state index contributed by atoms with van der Waals surface area (Å²) in [4.78, 5) is 15.0. The minimum absolute atomic E-state index is 0.138. The van der Waals surface area contributed by atoms with Gasteiger partial charge in [0.05, 0.1) is 6.61 Å². The molecule has 1 atom stereocenters. The van der Waals surface area contributed by atoms with Gasteiger partial charge >= 0.3 is 5.97 Å². The van der Waals surface area contributed by atoms with Crippen LogP contribution in [0.25, 0.3) is 0 Å². The SMILES string of the molecule is COCC(C)(NCCc1ccncc1)C(=O)O. The molecule has 0 spiro atoms. The van der Waals surface area contributed by atoms with Gasteiger partial charge in [0.15, 0.2) is 0 Å². The lowest BCUT2D eigenvalue weighted by molar-refractivity contribution is -0.146. The Morgan fingerprint density at radius 2 is 2.18 bits per heavy atom. The van der Waals surface area contributed by atoms with Crippen molar-refractivity contribution < 1.29 is 14.6 Å². The quantitative estimate of drug-likeness (QED) is 0.731. The molecule has 5 nitrogen and oxygen atoms in total. The van der Waals surface area contributed by atoms with Crippen LogP contribution in [0.4, 0.5) is 0 Å². The molecule has 1 heterocycles. The third-order valence-corrected chi connectivity index (χ3v) is 2.58. The number of nitrogens with zero attached hydrogens (tertiary/aromatic N) is 1. The van der Waals surface area contributed by atoms with Gasteiger partial charge in [-0.05, 0) is 31.0 Å². The van der Waals surface area contributed by atoms with E-state index < -0.39 is 11.5 Å². The predicted molar refractivity (Wildman–Crippen MR) is 63.9 cm³/mol. The summed E-state index contributed by atoms with van der Waals surface area (Å²) in [6.45, 7) is 2.33. The maximum absolute atomic E-state index is 11.1. The number of rotatable bonds is 7. The van der Waals surface area contributed by atoms with Crippen molar-refractivity contribution in [3.8, 4) is 0 Å². The zero-order chi connectivity index (χ0) is 12.7. The van der Waals surface area contributed by atoms with Gasteiger partial charge in [-0.25, -0.2) is 0 Å². The molecule has 0 aliphatic carbocycles. The highest BCUT2D eigenvalue weighted by Crippen LogP contribution is 2.05. The van der Waals surface area contributed by atoms with Gasteiger partial charge in [0.2, 0.25) is 0 Å². The van der Waals surface area contributed by atoms with Crippen LogP contribution in [0.3, 0.4) is 0 Å². The largest absolute Gasteiger partial charge is 0.480 e. The van der Waals surface area contributed by atoms with E-state index in [1.807, 2.05) is 12.1 Å². The Morgan fingerprint density at radius 3 is 2.71 bits per heavy atom. The fraction of sp³-hybridized carbons (Fsp3) is 0.500. The van der Waals surface area contributed by atoms with Gasteiger partial charge in [-0.1, -0.05) is 0 Å². The second-order valence-corrected chi connectivity index (χ2v) is 4.10. The smallest absolute Gasteiger partial charge is 0.326 e. The van der Waals surface area contributed by atoms with Crippen molar-refractivity contribution in [2.24, 2.45) is 0 Å². The van der Waals surface area contributed by atoms with E-state index in [4.69, 9.17) is 9.84 Å². The number of pyridine rings is 1. The van der Waals surface area contributed by atoms with Gasteiger partial charge in [0.1, 0.15) is 5.54 Å². The van der Waals surface area contributed by atoms with Crippen molar-refractivity contribution in [1.82, 2.24) is 10.3 Å². The molecule has 0 aromatic carbocycles. The van der Waals surface area contributed by atoms with E-state index in [2.05, 4.69) is 10.3 Å². The van der Waals surface area contributed by atoms with Crippen LogP contribution in [0.2, 0.25) is 0 Å². The second kappa shape index (κ2) is 6.32. The van der Waals surface area contributed by atoms with Crippen LogP contribution in [0.15, 0.2) is 24.5 Å². The van der Waals surface area contributed by atoms with E-state index in [9.17, 15) is 4.79 Å². The zero-order valence-corrected chi connectivity index (χ0v) is 10.1. The third kappa shape index (κ3) is 4.13. The molecular formula is C12H18N2O3. The molecule has 0 aliphatic heterocycles. The van der Waals surface area contributed by atoms with E-state index in [1.165, 1.54) is 7.11 Å². The monoisotopic (exact) mass is 238 g/mol. The number of aromatic nitrogens is 1. The van der Waals surface area contributed by atoms with Crippen molar-refractivity contribution in [1.29, 1.82) is 0 Å². The summed E-state index contributed by atoms with van der Waals surface area (Å²) in [5.74, 6) is -0.908. The molecule has 0 saturated carbocycles. The lowest BCUT2D eigenvalue weighted by Crippen LogP contribution is -2.53. The predicted octanol–water partition coefficient (Wildman–Crippen LogP) is 0.703. The summed E-state index contributed by atoms with van der Waals surface area (Å²) < 4.78 is 4.92. The number of hydrogen-bond acceptors (Lipinski definition) is 4. The highest BCUT2D eigenvalue weighted by molar-refractivity contribution is 5.78. The average Bonchev–Trinajstić information content (AvgIpc) is 2.30. The van der Waals surface area contributed by atoms with Crippen LogP contribution in [0.1, 0.15) is 12.5 Å². The van der Waals surface area contributed by atoms with Crippen LogP contribution in [-0.4, -0.2) is 41.9 Å². The van der Waals surface area contributed by atoms with Gasteiger partial charge in [0, 0.05) is 26.0 Å². The molecule has 2 N–H and O–H groups in total. The molecular weight excluding hydrogens is 220 g/mol. The van der Waals surface area contributed by atoms with Crippen LogP contribution in [0.5, 0.6) is 0 Å². The summed E-state index contributed by atoms with van der Waals surface area (Å²) in [5, 5.41) is 12.1. The minimum atomic E-state index is -1.04. The number of carboxylic acids is 1. The molecule has 1 aromatic heterocycles. The molecule has 0 bridgehead atoms. The first kappa shape index (κ1) is 13.6. The Hall–Kier alpha value is -1.46. The number of carboxylic acid groups (broad SMARTS) is 1. The Bertz CT molecular complexity index is 356. The van der Waals surface area contributed by atoms with Gasteiger partial charge in [0.25, 0.3) is 0 Å². The zero-order valence-electron chi connectivity index (χ0n) is 10.1. The maximum Gasteiger partial charge on any atom is 0.326 e. The number of methoxy groups -OCH3 is 1. The van der Waals surface area contributed by atoms with Crippen LogP contribution in [-0.2, 0) is 16.0 Å². The van der Waals surface area contributed by atoms with Crippen molar-refractivity contribution >= 4 is 5.97 Å².